The molecule has 3 rings (SSSR count). The highest BCUT2D eigenvalue weighted by atomic mass is 32.2. The summed E-state index contributed by atoms with van der Waals surface area (Å²) in [5.41, 5.74) is 1.35. The van der Waals surface area contributed by atoms with Gasteiger partial charge in [0.25, 0.3) is 11.5 Å². The Labute approximate surface area is 193 Å². The molecule has 0 saturated carbocycles. The number of aromatic nitrogens is 1. The quantitative estimate of drug-likeness (QED) is 0.445. The number of hydrogen-bond acceptors (Lipinski definition) is 6. The van der Waals surface area contributed by atoms with Crippen LogP contribution in [0.15, 0.2) is 9.70 Å². The maximum atomic E-state index is 13.1. The molecule has 8 heteroatoms. The lowest BCUT2D eigenvalue weighted by Gasteiger charge is -2.33. The summed E-state index contributed by atoms with van der Waals surface area (Å²) >= 11 is 6.77. The summed E-state index contributed by atoms with van der Waals surface area (Å²) in [5.74, 6) is 0.751. The molecule has 1 aromatic heterocycles. The van der Waals surface area contributed by atoms with Crippen molar-refractivity contribution >= 4 is 46.1 Å². The highest BCUT2D eigenvalue weighted by molar-refractivity contribution is 8.26. The van der Waals surface area contributed by atoms with E-state index in [1.165, 1.54) is 18.2 Å². The maximum Gasteiger partial charge on any atom is 0.270 e. The summed E-state index contributed by atoms with van der Waals surface area (Å²) in [7, 11) is 0. The third-order valence-corrected chi connectivity index (χ3v) is 7.21. The van der Waals surface area contributed by atoms with E-state index in [1.54, 1.807) is 9.47 Å². The molecule has 166 valence electrons. The zero-order valence-corrected chi connectivity index (χ0v) is 20.2. The van der Waals surface area contributed by atoms with Crippen LogP contribution in [0.4, 0.5) is 5.82 Å². The number of amides is 1. The van der Waals surface area contributed by atoms with Gasteiger partial charge >= 0.3 is 0 Å². The Balaban J connectivity index is 2.18. The number of anilines is 1. The number of carbonyl (C=O) groups excluding carboxylic acids is 1. The van der Waals surface area contributed by atoms with Gasteiger partial charge in [-0.05, 0) is 50.7 Å². The molecular weight excluding hydrogens is 428 g/mol. The lowest BCUT2D eigenvalue weighted by atomic mass is 10.0. The first-order valence-electron chi connectivity index (χ1n) is 11.1. The second kappa shape index (κ2) is 10.5. The Morgan fingerprint density at radius 3 is 2.45 bits per heavy atom. The number of hydrogen-bond donors (Lipinski definition) is 0. The zero-order chi connectivity index (χ0) is 22.5. The topological polar surface area (TPSA) is 69.3 Å². The smallest absolute Gasteiger partial charge is 0.270 e. The molecule has 1 amide bonds. The molecule has 2 aliphatic rings. The first kappa shape index (κ1) is 23.6. The van der Waals surface area contributed by atoms with Crippen molar-refractivity contribution in [1.82, 2.24) is 9.47 Å². The van der Waals surface area contributed by atoms with E-state index in [9.17, 15) is 14.9 Å². The molecule has 0 aliphatic carbocycles. The van der Waals surface area contributed by atoms with E-state index in [4.69, 9.17) is 12.2 Å². The Kier molecular flexibility index (Phi) is 7.95. The van der Waals surface area contributed by atoms with Gasteiger partial charge in [0.1, 0.15) is 21.8 Å². The van der Waals surface area contributed by atoms with E-state index in [1.807, 2.05) is 19.9 Å². The number of pyridine rings is 1. The van der Waals surface area contributed by atoms with Gasteiger partial charge in [0, 0.05) is 31.7 Å². The van der Waals surface area contributed by atoms with Crippen LogP contribution in [0.25, 0.3) is 6.08 Å². The van der Waals surface area contributed by atoms with E-state index in [2.05, 4.69) is 17.9 Å². The second-order valence-corrected chi connectivity index (χ2v) is 9.72. The first-order valence-corrected chi connectivity index (χ1v) is 12.3. The molecule has 0 unspecified atom stereocenters. The van der Waals surface area contributed by atoms with Crippen LogP contribution in [-0.4, -0.2) is 39.3 Å². The molecule has 6 nitrogen and oxygen atoms in total. The molecule has 0 atom stereocenters. The van der Waals surface area contributed by atoms with Crippen LogP contribution >= 0.6 is 24.0 Å². The molecule has 1 aromatic rings. The maximum absolute atomic E-state index is 13.1. The third-order valence-electron chi connectivity index (χ3n) is 5.83. The Morgan fingerprint density at radius 2 is 1.84 bits per heavy atom. The predicted octanol–water partition coefficient (Wildman–Crippen LogP) is 4.43. The van der Waals surface area contributed by atoms with Crippen LogP contribution in [0.2, 0.25) is 0 Å². The second-order valence-electron chi connectivity index (χ2n) is 8.04. The molecule has 0 radical (unpaired) electrons. The molecular formula is C23H30N4O2S2. The number of thiocarbonyl (C=S) groups is 1. The number of unbranched alkanes of at least 4 members (excludes halogenated alkanes) is 1. The molecule has 0 bridgehead atoms. The van der Waals surface area contributed by atoms with Crippen molar-refractivity contribution in [1.29, 1.82) is 5.26 Å². The van der Waals surface area contributed by atoms with Gasteiger partial charge in [0.15, 0.2) is 0 Å². The van der Waals surface area contributed by atoms with Gasteiger partial charge < -0.3 is 4.90 Å². The van der Waals surface area contributed by atoms with Crippen LogP contribution in [-0.2, 0) is 11.3 Å². The SMILES string of the molecule is CCCCN1C(=O)/C(=C\c2c(C)c(C#N)c(=O)n(CCC)c2N2CCCCC2)SC1=S. The predicted molar refractivity (Wildman–Crippen MR) is 131 cm³/mol. The minimum Gasteiger partial charge on any atom is -0.357 e. The Bertz CT molecular complexity index is 1000. The molecule has 31 heavy (non-hydrogen) atoms. The number of thioether (sulfide) groups is 1. The van der Waals surface area contributed by atoms with Gasteiger partial charge in [0.05, 0.1) is 4.91 Å². The minimum absolute atomic E-state index is 0.0841. The fourth-order valence-corrected chi connectivity index (χ4v) is 5.45. The molecule has 2 fully saturated rings. The van der Waals surface area contributed by atoms with E-state index < -0.39 is 0 Å². The number of carbonyl (C=O) groups is 1. The molecule has 2 saturated heterocycles. The van der Waals surface area contributed by atoms with Crippen molar-refractivity contribution in [3.8, 4) is 6.07 Å². The van der Waals surface area contributed by atoms with Gasteiger partial charge in [-0.25, -0.2) is 0 Å². The molecule has 2 aliphatic heterocycles. The number of piperidine rings is 1. The van der Waals surface area contributed by atoms with Gasteiger partial charge in [-0.2, -0.15) is 5.26 Å². The number of rotatable bonds is 7. The fourth-order valence-electron chi connectivity index (χ4n) is 4.16. The summed E-state index contributed by atoms with van der Waals surface area (Å²) < 4.78 is 2.31. The van der Waals surface area contributed by atoms with Crippen molar-refractivity contribution < 1.29 is 4.79 Å². The van der Waals surface area contributed by atoms with E-state index in [0.29, 0.717) is 27.9 Å². The van der Waals surface area contributed by atoms with E-state index in [0.717, 1.165) is 56.6 Å². The zero-order valence-electron chi connectivity index (χ0n) is 18.6. The van der Waals surface area contributed by atoms with Crippen molar-refractivity contribution in [2.45, 2.75) is 65.8 Å². The van der Waals surface area contributed by atoms with Crippen LogP contribution in [0.3, 0.4) is 0 Å². The van der Waals surface area contributed by atoms with E-state index in [-0.39, 0.29) is 17.0 Å². The van der Waals surface area contributed by atoms with Gasteiger partial charge in [-0.15, -0.1) is 0 Å². The number of nitriles is 1. The third kappa shape index (κ3) is 4.73. The summed E-state index contributed by atoms with van der Waals surface area (Å²) in [4.78, 5) is 30.7. The fraction of sp³-hybridized carbons (Fsp3) is 0.565. The summed E-state index contributed by atoms with van der Waals surface area (Å²) in [6, 6.07) is 2.11. The first-order chi connectivity index (χ1) is 14.9. The lowest BCUT2D eigenvalue weighted by molar-refractivity contribution is -0.122. The van der Waals surface area contributed by atoms with Gasteiger partial charge in [-0.1, -0.05) is 44.2 Å². The monoisotopic (exact) mass is 458 g/mol. The van der Waals surface area contributed by atoms with Crippen LogP contribution < -0.4 is 10.5 Å². The molecule has 0 spiro atoms. The van der Waals surface area contributed by atoms with E-state index >= 15 is 0 Å². The standard InChI is InChI=1S/C23H30N4O2S2/c1-4-6-13-27-22(29)19(31-23(27)30)14-17-16(3)18(15-24)21(28)26(10-5-2)20(17)25-11-8-7-9-12-25/h14H,4-13H2,1-3H3/b19-14+. The minimum atomic E-state index is -0.241. The normalized spacial score (nSPS) is 18.2. The van der Waals surface area contributed by atoms with Crippen molar-refractivity contribution in [3.05, 3.63) is 31.9 Å². The lowest BCUT2D eigenvalue weighted by Crippen LogP contribution is -2.37. The van der Waals surface area contributed by atoms with Crippen molar-refractivity contribution in [2.24, 2.45) is 0 Å². The number of nitrogens with zero attached hydrogens (tertiary/aromatic N) is 4. The summed E-state index contributed by atoms with van der Waals surface area (Å²) in [5, 5.41) is 9.71. The molecule has 0 N–H and O–H groups in total. The highest BCUT2D eigenvalue weighted by Gasteiger charge is 2.33. The van der Waals surface area contributed by atoms with Crippen LogP contribution in [0, 0.1) is 18.3 Å². The van der Waals surface area contributed by atoms with Crippen LogP contribution in [0.1, 0.15) is 69.1 Å². The summed E-state index contributed by atoms with van der Waals surface area (Å²) in [6.07, 6.45) is 7.84. The Hall–Kier alpha value is -2.11. The molecule has 3 heterocycles. The Morgan fingerprint density at radius 1 is 1.13 bits per heavy atom. The van der Waals surface area contributed by atoms with Crippen LogP contribution in [0.5, 0.6) is 0 Å². The summed E-state index contributed by atoms with van der Waals surface area (Å²) in [6.45, 7) is 8.82. The van der Waals surface area contributed by atoms with Crippen molar-refractivity contribution in [2.75, 3.05) is 24.5 Å². The van der Waals surface area contributed by atoms with Gasteiger partial charge in [0.2, 0.25) is 0 Å². The average molecular weight is 459 g/mol. The average Bonchev–Trinajstić information content (AvgIpc) is 3.03. The molecule has 0 aromatic carbocycles. The highest BCUT2D eigenvalue weighted by Crippen LogP contribution is 2.36. The van der Waals surface area contributed by atoms with Gasteiger partial charge in [-0.3, -0.25) is 19.1 Å². The van der Waals surface area contributed by atoms with Crippen molar-refractivity contribution in [3.63, 3.8) is 0 Å². The largest absolute Gasteiger partial charge is 0.357 e.